The number of benzene rings is 3. The van der Waals surface area contributed by atoms with E-state index in [4.69, 9.17) is 19.6 Å². The molecule has 0 amide bonds. The number of ether oxygens (including phenoxy) is 2. The molecular weight excluding hydrogens is 490 g/mol. The Morgan fingerprint density at radius 2 is 1.49 bits per heavy atom. The van der Waals surface area contributed by atoms with Crippen LogP contribution >= 0.6 is 0 Å². The summed E-state index contributed by atoms with van der Waals surface area (Å²) in [7, 11) is 0. The third-order valence-electron chi connectivity index (χ3n) is 6.16. The Balaban J connectivity index is 1.42. The van der Waals surface area contributed by atoms with E-state index in [0.717, 1.165) is 39.0 Å². The highest BCUT2D eigenvalue weighted by atomic mass is 16.5. The molecule has 0 radical (unpaired) electrons. The first-order valence-corrected chi connectivity index (χ1v) is 13.2. The molecule has 0 bridgehead atoms. The molecule has 198 valence electrons. The lowest BCUT2D eigenvalue weighted by Gasteiger charge is -2.10. The summed E-state index contributed by atoms with van der Waals surface area (Å²) >= 11 is 0. The topological polar surface area (TPSA) is 92.0 Å². The molecule has 0 N–H and O–H groups in total. The predicted octanol–water partition coefficient (Wildman–Crippen LogP) is 6.35. The van der Waals surface area contributed by atoms with Gasteiger partial charge in [-0.15, -0.1) is 0 Å². The van der Waals surface area contributed by atoms with Gasteiger partial charge in [0.05, 0.1) is 23.7 Å². The number of carbonyl (C=O) groups is 1. The molecule has 0 aliphatic heterocycles. The lowest BCUT2D eigenvalue weighted by Crippen LogP contribution is -2.08. The second-order valence-corrected chi connectivity index (χ2v) is 9.42. The maximum atomic E-state index is 11.9. The predicted molar refractivity (Wildman–Crippen MR) is 151 cm³/mol. The first-order chi connectivity index (χ1) is 19.0. The number of fused-ring (bicyclic) bond motifs is 1. The van der Waals surface area contributed by atoms with Gasteiger partial charge in [0.25, 0.3) is 0 Å². The van der Waals surface area contributed by atoms with Crippen LogP contribution in [0.5, 0.6) is 5.75 Å². The minimum atomic E-state index is -0.209. The third-order valence-corrected chi connectivity index (χ3v) is 6.16. The van der Waals surface area contributed by atoms with Crippen molar-refractivity contribution >= 4 is 17.0 Å². The van der Waals surface area contributed by atoms with Gasteiger partial charge in [-0.2, -0.15) is 5.10 Å². The summed E-state index contributed by atoms with van der Waals surface area (Å²) in [4.78, 5) is 25.6. The fourth-order valence-corrected chi connectivity index (χ4v) is 4.35. The largest absolute Gasteiger partial charge is 0.491 e. The molecule has 2 aromatic heterocycles. The van der Waals surface area contributed by atoms with Crippen LogP contribution in [0.25, 0.3) is 44.9 Å². The average Bonchev–Trinajstić information content (AvgIpc) is 3.37. The van der Waals surface area contributed by atoms with Crippen molar-refractivity contribution in [3.8, 4) is 39.7 Å². The number of aromatic nitrogens is 5. The van der Waals surface area contributed by atoms with Gasteiger partial charge in [-0.05, 0) is 68.7 Å². The molecule has 0 aliphatic rings. The molecule has 0 aliphatic carbocycles. The molecule has 2 heterocycles. The summed E-state index contributed by atoms with van der Waals surface area (Å²) < 4.78 is 12.7. The van der Waals surface area contributed by atoms with Gasteiger partial charge < -0.3 is 9.47 Å². The van der Waals surface area contributed by atoms with Crippen molar-refractivity contribution in [1.29, 1.82) is 0 Å². The van der Waals surface area contributed by atoms with E-state index < -0.39 is 0 Å². The van der Waals surface area contributed by atoms with E-state index in [1.165, 1.54) is 0 Å². The number of rotatable bonds is 10. The maximum absolute atomic E-state index is 11.9. The fourth-order valence-electron chi connectivity index (χ4n) is 4.35. The van der Waals surface area contributed by atoms with Gasteiger partial charge in [-0.3, -0.25) is 14.8 Å². The molecule has 8 nitrogen and oxygen atoms in total. The highest BCUT2D eigenvalue weighted by Gasteiger charge is 2.15. The number of nitrogens with zero attached hydrogens (tertiary/aromatic N) is 5. The van der Waals surface area contributed by atoms with Crippen LogP contribution in [-0.4, -0.2) is 43.4 Å². The molecule has 8 heteroatoms. The quantitative estimate of drug-likeness (QED) is 0.198. The monoisotopic (exact) mass is 521 g/mol. The first kappa shape index (κ1) is 26.0. The van der Waals surface area contributed by atoms with Gasteiger partial charge >= 0.3 is 5.97 Å². The summed E-state index contributed by atoms with van der Waals surface area (Å²) in [5.41, 5.74) is 5.59. The Bertz CT molecular complexity index is 1560. The van der Waals surface area contributed by atoms with Crippen molar-refractivity contribution in [3.63, 3.8) is 0 Å². The molecule has 0 saturated carbocycles. The van der Waals surface area contributed by atoms with Crippen LogP contribution in [0.3, 0.4) is 0 Å². The smallest absolute Gasteiger partial charge is 0.305 e. The Labute approximate surface area is 227 Å². The Hall–Kier alpha value is -4.59. The normalized spacial score (nSPS) is 11.2. The number of aryl methyl sites for hydroxylation is 1. The highest BCUT2D eigenvalue weighted by molar-refractivity contribution is 5.80. The summed E-state index contributed by atoms with van der Waals surface area (Å²) in [5, 5.41) is 4.82. The van der Waals surface area contributed by atoms with Gasteiger partial charge in [-0.1, -0.05) is 36.4 Å². The highest BCUT2D eigenvalue weighted by Crippen LogP contribution is 2.28. The van der Waals surface area contributed by atoms with E-state index in [1.807, 2.05) is 67.9 Å². The van der Waals surface area contributed by atoms with Gasteiger partial charge in [0.15, 0.2) is 11.6 Å². The second-order valence-electron chi connectivity index (χ2n) is 9.42. The SMILES string of the molecule is CCOC(=O)CCCn1nc(-c2ccc(-c3ccc(OC(C)C)cc3)cc2)nc1-c1ccc2nccnc2c1. The van der Waals surface area contributed by atoms with Crippen molar-refractivity contribution in [1.82, 2.24) is 24.7 Å². The number of hydrogen-bond acceptors (Lipinski definition) is 7. The number of esters is 1. The molecule has 5 rings (SSSR count). The minimum absolute atomic E-state index is 0.139. The van der Waals surface area contributed by atoms with E-state index in [1.54, 1.807) is 12.4 Å². The molecule has 0 unspecified atom stereocenters. The lowest BCUT2D eigenvalue weighted by atomic mass is 10.0. The van der Waals surface area contributed by atoms with E-state index >= 15 is 0 Å². The fraction of sp³-hybridized carbons (Fsp3) is 0.258. The summed E-state index contributed by atoms with van der Waals surface area (Å²) in [5.74, 6) is 1.98. The van der Waals surface area contributed by atoms with Crippen LogP contribution in [0.4, 0.5) is 0 Å². The van der Waals surface area contributed by atoms with Gasteiger partial charge in [0, 0.05) is 36.5 Å². The van der Waals surface area contributed by atoms with Crippen LogP contribution in [0.15, 0.2) is 79.1 Å². The van der Waals surface area contributed by atoms with E-state index in [2.05, 4.69) is 34.2 Å². The van der Waals surface area contributed by atoms with Crippen LogP contribution in [0.1, 0.15) is 33.6 Å². The van der Waals surface area contributed by atoms with Crippen molar-refractivity contribution in [3.05, 3.63) is 79.1 Å². The number of carbonyl (C=O) groups excluding carboxylic acids is 1. The zero-order chi connectivity index (χ0) is 27.2. The summed E-state index contributed by atoms with van der Waals surface area (Å²) in [6.45, 7) is 6.75. The third kappa shape index (κ3) is 6.29. The van der Waals surface area contributed by atoms with Gasteiger partial charge in [0.1, 0.15) is 5.75 Å². The molecule has 5 aromatic rings. The van der Waals surface area contributed by atoms with Crippen LogP contribution in [0.2, 0.25) is 0 Å². The van der Waals surface area contributed by atoms with Crippen molar-refractivity contribution in [2.24, 2.45) is 0 Å². The zero-order valence-corrected chi connectivity index (χ0v) is 22.4. The molecule has 0 saturated heterocycles. The first-order valence-electron chi connectivity index (χ1n) is 13.2. The van der Waals surface area contributed by atoms with Crippen LogP contribution in [0, 0.1) is 0 Å². The molecule has 0 atom stereocenters. The molecular formula is C31H31N5O3. The van der Waals surface area contributed by atoms with E-state index in [-0.39, 0.29) is 12.1 Å². The van der Waals surface area contributed by atoms with Crippen LogP contribution in [-0.2, 0) is 16.1 Å². The second kappa shape index (κ2) is 11.9. The molecule has 0 fully saturated rings. The molecule has 0 spiro atoms. The van der Waals surface area contributed by atoms with E-state index in [0.29, 0.717) is 37.6 Å². The molecule has 39 heavy (non-hydrogen) atoms. The van der Waals surface area contributed by atoms with Crippen molar-refractivity contribution in [2.45, 2.75) is 46.3 Å². The van der Waals surface area contributed by atoms with Crippen molar-refractivity contribution in [2.75, 3.05) is 6.61 Å². The van der Waals surface area contributed by atoms with Gasteiger partial charge in [0.2, 0.25) is 0 Å². The van der Waals surface area contributed by atoms with Crippen molar-refractivity contribution < 1.29 is 14.3 Å². The molecule has 3 aromatic carbocycles. The Morgan fingerprint density at radius 3 is 2.18 bits per heavy atom. The standard InChI is InChI=1S/C31H31N5O3/c1-4-38-29(37)6-5-19-36-31(25-13-16-27-28(20-25)33-18-17-32-27)34-30(35-36)24-9-7-22(8-10-24)23-11-14-26(15-12-23)39-21(2)3/h7-18,20-21H,4-6,19H2,1-3H3. The Kier molecular flexibility index (Phi) is 7.91. The van der Waals surface area contributed by atoms with E-state index in [9.17, 15) is 4.79 Å². The zero-order valence-electron chi connectivity index (χ0n) is 22.4. The Morgan fingerprint density at radius 1 is 0.846 bits per heavy atom. The summed E-state index contributed by atoms with van der Waals surface area (Å²) in [6, 6.07) is 22.2. The summed E-state index contributed by atoms with van der Waals surface area (Å²) in [6.07, 6.45) is 4.41. The minimum Gasteiger partial charge on any atom is -0.491 e. The maximum Gasteiger partial charge on any atom is 0.305 e. The van der Waals surface area contributed by atoms with Crippen LogP contribution < -0.4 is 4.74 Å². The van der Waals surface area contributed by atoms with Gasteiger partial charge in [-0.25, -0.2) is 9.67 Å². The average molecular weight is 522 g/mol. The number of hydrogen-bond donors (Lipinski definition) is 0. The lowest BCUT2D eigenvalue weighted by molar-refractivity contribution is -0.143.